The van der Waals surface area contributed by atoms with Crippen LogP contribution in [0.25, 0.3) is 11.0 Å². The Morgan fingerprint density at radius 3 is 2.53 bits per heavy atom. The van der Waals surface area contributed by atoms with Crippen LogP contribution in [0.1, 0.15) is 5.76 Å². The Labute approximate surface area is 120 Å². The zero-order valence-corrected chi connectivity index (χ0v) is 11.4. The molecule has 0 amide bonds. The highest BCUT2D eigenvalue weighted by Gasteiger charge is 2.07. The molecule has 2 nitrogen and oxygen atoms in total. The second-order valence-corrected chi connectivity index (χ2v) is 4.96. The number of fused-ring (bicyclic) bond motifs is 1. The molecule has 0 aliphatic carbocycles. The molecule has 0 atom stereocenters. The zero-order chi connectivity index (χ0) is 13.2. The van der Waals surface area contributed by atoms with Gasteiger partial charge in [0.1, 0.15) is 18.1 Å². The zero-order valence-electron chi connectivity index (χ0n) is 9.90. The Morgan fingerprint density at radius 1 is 1.00 bits per heavy atom. The van der Waals surface area contributed by atoms with Crippen LogP contribution in [0.3, 0.4) is 0 Å². The highest BCUT2D eigenvalue weighted by molar-refractivity contribution is 6.34. The molecule has 96 valence electrons. The Hall–Kier alpha value is -1.64. The molecule has 3 rings (SSSR count). The van der Waals surface area contributed by atoms with E-state index in [-0.39, 0.29) is 0 Å². The number of para-hydroxylation sites is 1. The van der Waals surface area contributed by atoms with Crippen molar-refractivity contribution in [3.63, 3.8) is 0 Å². The van der Waals surface area contributed by atoms with Crippen molar-refractivity contribution < 1.29 is 9.15 Å². The molecule has 19 heavy (non-hydrogen) atoms. The molecular formula is C15H10Cl2O2. The van der Waals surface area contributed by atoms with E-state index in [1.165, 1.54) is 0 Å². The molecule has 0 saturated carbocycles. The predicted octanol–water partition coefficient (Wildman–Crippen LogP) is 5.32. The van der Waals surface area contributed by atoms with Crippen molar-refractivity contribution in [1.29, 1.82) is 0 Å². The van der Waals surface area contributed by atoms with Gasteiger partial charge in [0.25, 0.3) is 0 Å². The van der Waals surface area contributed by atoms with Gasteiger partial charge in [0.15, 0.2) is 5.58 Å². The van der Waals surface area contributed by atoms with Crippen molar-refractivity contribution in [3.05, 3.63) is 64.3 Å². The van der Waals surface area contributed by atoms with Crippen LogP contribution in [0.5, 0.6) is 5.75 Å². The number of halogens is 2. The first kappa shape index (κ1) is 12.4. The van der Waals surface area contributed by atoms with Crippen LogP contribution in [0.4, 0.5) is 0 Å². The standard InChI is InChI=1S/C15H10Cl2O2/c16-11-4-6-12(7-5-11)18-9-13-8-10-2-1-3-14(17)15(10)19-13/h1-8H,9H2. The summed E-state index contributed by atoms with van der Waals surface area (Å²) in [6.45, 7) is 0.354. The van der Waals surface area contributed by atoms with Gasteiger partial charge in [-0.25, -0.2) is 0 Å². The van der Waals surface area contributed by atoms with Crippen LogP contribution < -0.4 is 4.74 Å². The summed E-state index contributed by atoms with van der Waals surface area (Å²) in [5.41, 5.74) is 0.693. The molecular weight excluding hydrogens is 283 g/mol. The number of hydrogen-bond acceptors (Lipinski definition) is 2. The van der Waals surface area contributed by atoms with E-state index in [4.69, 9.17) is 32.4 Å². The summed E-state index contributed by atoms with van der Waals surface area (Å²) < 4.78 is 11.3. The summed E-state index contributed by atoms with van der Waals surface area (Å²) in [5, 5.41) is 2.26. The van der Waals surface area contributed by atoms with E-state index in [1.54, 1.807) is 18.2 Å². The molecule has 1 aromatic heterocycles. The fourth-order valence-electron chi connectivity index (χ4n) is 1.84. The van der Waals surface area contributed by atoms with E-state index in [2.05, 4.69) is 0 Å². The van der Waals surface area contributed by atoms with E-state index < -0.39 is 0 Å². The first-order chi connectivity index (χ1) is 9.22. The molecule has 0 aliphatic heterocycles. The van der Waals surface area contributed by atoms with Crippen LogP contribution in [0.2, 0.25) is 10.0 Å². The van der Waals surface area contributed by atoms with Crippen molar-refractivity contribution in [2.24, 2.45) is 0 Å². The lowest BCUT2D eigenvalue weighted by atomic mass is 10.2. The van der Waals surface area contributed by atoms with Crippen LogP contribution >= 0.6 is 23.2 Å². The number of furan rings is 1. The maximum atomic E-state index is 6.06. The van der Waals surface area contributed by atoms with Gasteiger partial charge in [-0.15, -0.1) is 0 Å². The minimum Gasteiger partial charge on any atom is -0.486 e. The van der Waals surface area contributed by atoms with Crippen molar-refractivity contribution in [2.75, 3.05) is 0 Å². The molecule has 0 N–H and O–H groups in total. The largest absolute Gasteiger partial charge is 0.486 e. The Morgan fingerprint density at radius 2 is 1.79 bits per heavy atom. The summed E-state index contributed by atoms with van der Waals surface area (Å²) in [7, 11) is 0. The van der Waals surface area contributed by atoms with Crippen molar-refractivity contribution in [3.8, 4) is 5.75 Å². The van der Waals surface area contributed by atoms with Crippen molar-refractivity contribution >= 4 is 34.2 Å². The maximum Gasteiger partial charge on any atom is 0.153 e. The summed E-state index contributed by atoms with van der Waals surface area (Å²) >= 11 is 11.9. The van der Waals surface area contributed by atoms with Crippen molar-refractivity contribution in [1.82, 2.24) is 0 Å². The Balaban J connectivity index is 1.78. The lowest BCUT2D eigenvalue weighted by Gasteiger charge is -2.03. The quantitative estimate of drug-likeness (QED) is 0.652. The molecule has 0 bridgehead atoms. The van der Waals surface area contributed by atoms with Gasteiger partial charge in [0, 0.05) is 10.4 Å². The second-order valence-electron chi connectivity index (χ2n) is 4.11. The average Bonchev–Trinajstić information content (AvgIpc) is 2.83. The SMILES string of the molecule is Clc1ccc(OCc2cc3cccc(Cl)c3o2)cc1. The van der Waals surface area contributed by atoms with Gasteiger partial charge in [-0.2, -0.15) is 0 Å². The fourth-order valence-corrected chi connectivity index (χ4v) is 2.18. The minimum absolute atomic E-state index is 0.354. The molecule has 0 radical (unpaired) electrons. The van der Waals surface area contributed by atoms with Gasteiger partial charge in [0.05, 0.1) is 5.02 Å². The predicted molar refractivity (Wildman–Crippen MR) is 77.0 cm³/mol. The summed E-state index contributed by atoms with van der Waals surface area (Å²) in [4.78, 5) is 0. The molecule has 0 unspecified atom stereocenters. The van der Waals surface area contributed by atoms with Gasteiger partial charge >= 0.3 is 0 Å². The second kappa shape index (κ2) is 5.16. The number of ether oxygens (including phenoxy) is 1. The number of hydrogen-bond donors (Lipinski definition) is 0. The first-order valence-electron chi connectivity index (χ1n) is 5.78. The molecule has 0 aliphatic rings. The topological polar surface area (TPSA) is 22.4 Å². The Bertz CT molecular complexity index is 702. The van der Waals surface area contributed by atoms with E-state index in [0.717, 1.165) is 16.9 Å². The van der Waals surface area contributed by atoms with Gasteiger partial charge in [-0.05, 0) is 36.4 Å². The first-order valence-corrected chi connectivity index (χ1v) is 6.53. The van der Waals surface area contributed by atoms with Crippen LogP contribution in [0, 0.1) is 0 Å². The van der Waals surface area contributed by atoms with Crippen LogP contribution in [0.15, 0.2) is 52.9 Å². The lowest BCUT2D eigenvalue weighted by Crippen LogP contribution is -1.92. The molecule has 3 aromatic rings. The molecule has 0 saturated heterocycles. The molecule has 1 heterocycles. The highest BCUT2D eigenvalue weighted by atomic mass is 35.5. The molecule has 2 aromatic carbocycles. The summed E-state index contributed by atoms with van der Waals surface area (Å²) in [6, 6.07) is 14.8. The van der Waals surface area contributed by atoms with E-state index in [1.807, 2.05) is 30.3 Å². The third kappa shape index (κ3) is 2.70. The monoisotopic (exact) mass is 292 g/mol. The van der Waals surface area contributed by atoms with Crippen molar-refractivity contribution in [2.45, 2.75) is 6.61 Å². The summed E-state index contributed by atoms with van der Waals surface area (Å²) in [6.07, 6.45) is 0. The fraction of sp³-hybridized carbons (Fsp3) is 0.0667. The smallest absolute Gasteiger partial charge is 0.153 e. The van der Waals surface area contributed by atoms with Crippen LogP contribution in [-0.4, -0.2) is 0 Å². The average molecular weight is 293 g/mol. The van der Waals surface area contributed by atoms with Gasteiger partial charge in [-0.3, -0.25) is 0 Å². The lowest BCUT2D eigenvalue weighted by molar-refractivity contribution is 0.274. The molecule has 4 heteroatoms. The normalized spacial score (nSPS) is 10.8. The summed E-state index contributed by atoms with van der Waals surface area (Å²) in [5.74, 6) is 1.48. The molecule has 0 fully saturated rings. The van der Waals surface area contributed by atoms with E-state index >= 15 is 0 Å². The van der Waals surface area contributed by atoms with E-state index in [0.29, 0.717) is 22.2 Å². The molecule has 0 spiro atoms. The third-order valence-corrected chi connectivity index (χ3v) is 3.29. The number of benzene rings is 2. The van der Waals surface area contributed by atoms with E-state index in [9.17, 15) is 0 Å². The maximum absolute atomic E-state index is 6.06. The highest BCUT2D eigenvalue weighted by Crippen LogP contribution is 2.27. The number of rotatable bonds is 3. The van der Waals surface area contributed by atoms with Crippen LogP contribution in [-0.2, 0) is 6.61 Å². The van der Waals surface area contributed by atoms with Gasteiger partial charge in [0.2, 0.25) is 0 Å². The minimum atomic E-state index is 0.354. The third-order valence-electron chi connectivity index (χ3n) is 2.74. The van der Waals surface area contributed by atoms with Gasteiger partial charge in [-0.1, -0.05) is 35.3 Å². The van der Waals surface area contributed by atoms with Gasteiger partial charge < -0.3 is 9.15 Å². The Kier molecular flexibility index (Phi) is 3.36.